The minimum absolute atomic E-state index is 0. The predicted molar refractivity (Wildman–Crippen MR) is 9.92 cm³/mol. The summed E-state index contributed by atoms with van der Waals surface area (Å²) in [6.45, 7) is 0. The van der Waals surface area contributed by atoms with E-state index >= 15 is 0 Å². The maximum absolute atomic E-state index is 8.34. The van der Waals surface area contributed by atoms with E-state index in [1.54, 1.807) is 0 Å². The van der Waals surface area contributed by atoms with E-state index in [1.165, 1.54) is 0 Å². The van der Waals surface area contributed by atoms with Gasteiger partial charge in [0.05, 0.1) is 0 Å². The van der Waals surface area contributed by atoms with Crippen molar-refractivity contribution in [1.82, 2.24) is 0 Å². The fourth-order valence-electron chi connectivity index (χ4n) is 0. The van der Waals surface area contributed by atoms with E-state index in [9.17, 15) is 0 Å². The zero-order valence-corrected chi connectivity index (χ0v) is 16.2. The molecule has 0 saturated heterocycles. The summed E-state index contributed by atoms with van der Waals surface area (Å²) >= 11 is 1.05. The van der Waals surface area contributed by atoms with Gasteiger partial charge in [-0.1, -0.05) is 0 Å². The molecule has 3 radical (unpaired) electrons. The van der Waals surface area contributed by atoms with Crippen molar-refractivity contribution in [2.24, 2.45) is 0 Å². The van der Waals surface area contributed by atoms with Gasteiger partial charge in [0, 0.05) is 35.6 Å². The Morgan fingerprint density at radius 1 is 1.17 bits per heavy atom. The van der Waals surface area contributed by atoms with Gasteiger partial charge in [0.15, 0.2) is 0 Å². The van der Waals surface area contributed by atoms with Crippen molar-refractivity contribution in [3.63, 3.8) is 0 Å². The quantitative estimate of drug-likeness (QED) is 0.379. The fourth-order valence-corrected chi connectivity index (χ4v) is 0. The molecule has 0 atom stereocenters. The summed E-state index contributed by atoms with van der Waals surface area (Å²) in [5.74, 6) is 0. The third kappa shape index (κ3) is 26.5. The Kier molecular flexibility index (Phi) is 154. The van der Waals surface area contributed by atoms with Crippen LogP contribution in [0.25, 0.3) is 0 Å². The second-order valence-electron chi connectivity index (χ2n) is 0. The van der Waals surface area contributed by atoms with E-state index in [2.05, 4.69) is 0 Å². The molecule has 0 N–H and O–H groups in total. The summed E-state index contributed by atoms with van der Waals surface area (Å²) in [5.41, 5.74) is 0. The Morgan fingerprint density at radius 2 is 1.17 bits per heavy atom. The first kappa shape index (κ1) is 22.8. The summed E-state index contributed by atoms with van der Waals surface area (Å²) in [6, 6.07) is 0. The first-order valence-corrected chi connectivity index (χ1v) is 2.05. The van der Waals surface area contributed by atoms with Crippen LogP contribution in [0.15, 0.2) is 0 Å². The Morgan fingerprint density at radius 3 is 1.17 bits per heavy atom. The SMILES string of the molecule is [La].[O]=[Ti].[O]=[Zr].[PbH2]. The molecule has 0 aromatic rings. The van der Waals surface area contributed by atoms with Crippen molar-refractivity contribution in [1.29, 1.82) is 0 Å². The van der Waals surface area contributed by atoms with Crippen LogP contribution < -0.4 is 0 Å². The molecule has 6 heteroatoms. The molecule has 0 amide bonds. The van der Waals surface area contributed by atoms with E-state index in [1.807, 2.05) is 0 Å². The normalized spacial score (nSPS) is 1.00. The Balaban J connectivity index is -0.00000000500. The van der Waals surface area contributed by atoms with Crippen molar-refractivity contribution >= 4 is 27.3 Å². The third-order valence-corrected chi connectivity index (χ3v) is 0. The maximum atomic E-state index is 8.34. The van der Waals surface area contributed by atoms with Gasteiger partial charge in [0.25, 0.3) is 0 Å². The minimum atomic E-state index is 0. The van der Waals surface area contributed by atoms with E-state index in [0.717, 1.165) is 20.4 Å². The van der Waals surface area contributed by atoms with Crippen LogP contribution in [0.4, 0.5) is 0 Å². The molecule has 0 aromatic heterocycles. The molecule has 29 valence electrons. The standard InChI is InChI=1S/La.2O.Pb.Ti.Zr.2H. The summed E-state index contributed by atoms with van der Waals surface area (Å²) in [5, 5.41) is 0. The zero-order chi connectivity index (χ0) is 4.00. The van der Waals surface area contributed by atoms with Gasteiger partial charge in [0.1, 0.15) is 0 Å². The molecule has 0 spiro atoms. The number of rotatable bonds is 0. The zero-order valence-electron chi connectivity index (χ0n) is 3.10. The molecule has 0 bridgehead atoms. The Hall–Kier alpha value is 3.31. The molecule has 0 saturated carbocycles. The molecular formula is H2LaO2PbTiZr. The van der Waals surface area contributed by atoms with Gasteiger partial charge in [-0.05, 0) is 0 Å². The average Bonchev–Trinajstić information content (AvgIpc) is 1.50. The number of hydrogen-bond donors (Lipinski definition) is 0. The van der Waals surface area contributed by atoms with Gasteiger partial charge >= 0.3 is 78.6 Å². The molecule has 0 heterocycles. The van der Waals surface area contributed by atoms with Gasteiger partial charge in [-0.15, -0.1) is 0 Å². The second kappa shape index (κ2) is 40.5. The summed E-state index contributed by atoms with van der Waals surface area (Å²) in [4.78, 5) is 0. The van der Waals surface area contributed by atoms with Crippen molar-refractivity contribution in [2.75, 3.05) is 0 Å². The monoisotopic (exact) mass is 519 g/mol. The average molecular weight is 519 g/mol. The molecule has 0 aliphatic rings. The molecule has 2 nitrogen and oxygen atoms in total. The van der Waals surface area contributed by atoms with Crippen molar-refractivity contribution < 1.29 is 86.9 Å². The van der Waals surface area contributed by atoms with E-state index < -0.39 is 0 Å². The van der Waals surface area contributed by atoms with E-state index in [4.69, 9.17) is 6.14 Å². The molecule has 0 aliphatic carbocycles. The van der Waals surface area contributed by atoms with Crippen LogP contribution in [0.3, 0.4) is 0 Å². The Bertz CT molecular complexity index is 15.5. The molecule has 0 aliphatic heterocycles. The van der Waals surface area contributed by atoms with Crippen molar-refractivity contribution in [3.05, 3.63) is 0 Å². The molecule has 0 fully saturated rings. The predicted octanol–water partition coefficient (Wildman–Crippen LogP) is -1.16. The molecule has 0 rings (SSSR count). The molecule has 0 aromatic carbocycles. The van der Waals surface area contributed by atoms with Crippen LogP contribution in [0, 0.1) is 35.6 Å². The van der Waals surface area contributed by atoms with Crippen LogP contribution in [0.1, 0.15) is 0 Å². The molecule has 0 unspecified atom stereocenters. The van der Waals surface area contributed by atoms with Crippen LogP contribution in [0.2, 0.25) is 0 Å². The third-order valence-electron chi connectivity index (χ3n) is 0. The second-order valence-corrected chi connectivity index (χ2v) is 0. The van der Waals surface area contributed by atoms with E-state index in [-0.39, 0.29) is 62.9 Å². The van der Waals surface area contributed by atoms with Crippen LogP contribution in [-0.4, -0.2) is 27.3 Å². The topological polar surface area (TPSA) is 34.1 Å². The summed E-state index contributed by atoms with van der Waals surface area (Å²) < 4.78 is 16.6. The fraction of sp³-hybridized carbons (Fsp3) is 0. The van der Waals surface area contributed by atoms with Gasteiger partial charge in [-0.3, -0.25) is 0 Å². The van der Waals surface area contributed by atoms with Gasteiger partial charge in [-0.25, -0.2) is 0 Å². The van der Waals surface area contributed by atoms with Crippen LogP contribution in [0.5, 0.6) is 0 Å². The summed E-state index contributed by atoms with van der Waals surface area (Å²) in [6.07, 6.45) is 0. The van der Waals surface area contributed by atoms with Gasteiger partial charge in [0.2, 0.25) is 0 Å². The van der Waals surface area contributed by atoms with Crippen molar-refractivity contribution in [2.45, 2.75) is 0 Å². The molecular weight excluding hydrogens is 517 g/mol. The molecule has 6 heavy (non-hydrogen) atoms. The van der Waals surface area contributed by atoms with Gasteiger partial charge in [-0.2, -0.15) is 0 Å². The van der Waals surface area contributed by atoms with Gasteiger partial charge < -0.3 is 0 Å². The van der Waals surface area contributed by atoms with Crippen molar-refractivity contribution in [3.8, 4) is 0 Å². The summed E-state index contributed by atoms with van der Waals surface area (Å²) in [7, 11) is 0. The first-order valence-electron chi connectivity index (χ1n) is 0.408. The van der Waals surface area contributed by atoms with E-state index in [0.29, 0.717) is 24.7 Å². The van der Waals surface area contributed by atoms with Crippen LogP contribution in [-0.2, 0) is 51.3 Å². The van der Waals surface area contributed by atoms with Crippen LogP contribution >= 0.6 is 0 Å². The number of hydrogen-bond acceptors (Lipinski definition) is 2. The Labute approximate surface area is 111 Å². The first-order chi connectivity index (χ1) is 2.00.